The lowest BCUT2D eigenvalue weighted by Crippen LogP contribution is -2.45. The SMILES string of the molecule is CCOc1ccccc1CNC(=NC)NCC(C)N(C)C1CC1.I. The van der Waals surface area contributed by atoms with Crippen LogP contribution in [0.25, 0.3) is 0 Å². The summed E-state index contributed by atoms with van der Waals surface area (Å²) in [5.74, 6) is 1.76. The van der Waals surface area contributed by atoms with E-state index in [1.54, 1.807) is 7.05 Å². The van der Waals surface area contributed by atoms with Crippen LogP contribution in [0.5, 0.6) is 5.75 Å². The molecule has 0 saturated heterocycles. The molecule has 0 radical (unpaired) electrons. The van der Waals surface area contributed by atoms with Crippen LogP contribution >= 0.6 is 24.0 Å². The summed E-state index contributed by atoms with van der Waals surface area (Å²) in [5, 5.41) is 6.77. The number of aliphatic imine (C=N–C) groups is 1. The fourth-order valence-corrected chi connectivity index (χ4v) is 2.58. The van der Waals surface area contributed by atoms with Crippen LogP contribution in [0.4, 0.5) is 0 Å². The van der Waals surface area contributed by atoms with E-state index in [0.717, 1.165) is 29.9 Å². The molecule has 24 heavy (non-hydrogen) atoms. The lowest BCUT2D eigenvalue weighted by atomic mass is 10.2. The Labute approximate surface area is 163 Å². The molecule has 5 nitrogen and oxygen atoms in total. The van der Waals surface area contributed by atoms with Gasteiger partial charge in [-0.2, -0.15) is 0 Å². The maximum Gasteiger partial charge on any atom is 0.191 e. The van der Waals surface area contributed by atoms with Gasteiger partial charge in [-0.05, 0) is 39.8 Å². The van der Waals surface area contributed by atoms with E-state index in [0.29, 0.717) is 19.2 Å². The lowest BCUT2D eigenvalue weighted by molar-refractivity contribution is 0.247. The van der Waals surface area contributed by atoms with Gasteiger partial charge in [-0.25, -0.2) is 0 Å². The number of hydrogen-bond donors (Lipinski definition) is 2. The molecule has 0 bridgehead atoms. The van der Waals surface area contributed by atoms with Crippen molar-refractivity contribution in [3.8, 4) is 5.75 Å². The van der Waals surface area contributed by atoms with Crippen molar-refractivity contribution >= 4 is 29.9 Å². The Morgan fingerprint density at radius 2 is 2.04 bits per heavy atom. The zero-order valence-electron chi connectivity index (χ0n) is 15.2. The predicted molar refractivity (Wildman–Crippen MR) is 111 cm³/mol. The number of nitrogens with one attached hydrogen (secondary N) is 2. The number of benzene rings is 1. The highest BCUT2D eigenvalue weighted by Crippen LogP contribution is 2.26. The molecule has 1 saturated carbocycles. The van der Waals surface area contributed by atoms with E-state index in [2.05, 4.69) is 40.6 Å². The first-order chi connectivity index (χ1) is 11.2. The quantitative estimate of drug-likeness (QED) is 0.367. The van der Waals surface area contributed by atoms with E-state index in [9.17, 15) is 0 Å². The highest BCUT2D eigenvalue weighted by Gasteiger charge is 2.28. The average molecular weight is 446 g/mol. The standard InChI is InChI=1S/C18H30N4O.HI/c1-5-23-17-9-7-6-8-15(17)13-21-18(19-3)20-12-14(2)22(4)16-10-11-16;/h6-9,14,16H,5,10-13H2,1-4H3,(H2,19,20,21);1H. The summed E-state index contributed by atoms with van der Waals surface area (Å²) < 4.78 is 5.66. The monoisotopic (exact) mass is 446 g/mol. The number of halogens is 1. The Hall–Kier alpha value is -1.02. The second-order valence-electron chi connectivity index (χ2n) is 6.09. The van der Waals surface area contributed by atoms with E-state index in [4.69, 9.17) is 4.74 Å². The van der Waals surface area contributed by atoms with Crippen LogP contribution in [-0.4, -0.2) is 50.2 Å². The zero-order chi connectivity index (χ0) is 16.7. The van der Waals surface area contributed by atoms with Crippen molar-refractivity contribution in [1.29, 1.82) is 0 Å². The molecule has 1 atom stereocenters. The summed E-state index contributed by atoms with van der Waals surface area (Å²) >= 11 is 0. The molecule has 136 valence electrons. The lowest BCUT2D eigenvalue weighted by Gasteiger charge is -2.25. The van der Waals surface area contributed by atoms with Crippen LogP contribution in [-0.2, 0) is 6.54 Å². The van der Waals surface area contributed by atoms with Gasteiger partial charge in [0.1, 0.15) is 5.75 Å². The molecule has 1 fully saturated rings. The van der Waals surface area contributed by atoms with Crippen LogP contribution in [0, 0.1) is 0 Å². The largest absolute Gasteiger partial charge is 0.494 e. The molecule has 6 heteroatoms. The first kappa shape index (κ1) is 21.0. The number of nitrogens with zero attached hydrogens (tertiary/aromatic N) is 2. The molecule has 0 amide bonds. The summed E-state index contributed by atoms with van der Waals surface area (Å²) in [6, 6.07) is 9.38. The normalized spacial score (nSPS) is 15.6. The second kappa shape index (κ2) is 10.8. The molecule has 0 aliphatic heterocycles. The van der Waals surface area contributed by atoms with Crippen LogP contribution < -0.4 is 15.4 Å². The highest BCUT2D eigenvalue weighted by molar-refractivity contribution is 14.0. The topological polar surface area (TPSA) is 48.9 Å². The first-order valence-corrected chi connectivity index (χ1v) is 8.52. The second-order valence-corrected chi connectivity index (χ2v) is 6.09. The Kier molecular flexibility index (Phi) is 9.43. The number of hydrogen-bond acceptors (Lipinski definition) is 3. The Balaban J connectivity index is 0.00000288. The molecule has 1 aromatic carbocycles. The van der Waals surface area contributed by atoms with Crippen molar-refractivity contribution in [2.75, 3.05) is 27.2 Å². The van der Waals surface area contributed by atoms with Crippen molar-refractivity contribution in [3.05, 3.63) is 29.8 Å². The number of rotatable bonds is 8. The van der Waals surface area contributed by atoms with Crippen LogP contribution in [0.15, 0.2) is 29.3 Å². The van der Waals surface area contributed by atoms with E-state index >= 15 is 0 Å². The summed E-state index contributed by atoms with van der Waals surface area (Å²) in [7, 11) is 4.01. The van der Waals surface area contributed by atoms with Gasteiger partial charge in [-0.15, -0.1) is 24.0 Å². The molecule has 2 rings (SSSR count). The third-order valence-corrected chi connectivity index (χ3v) is 4.33. The summed E-state index contributed by atoms with van der Waals surface area (Å²) in [5.41, 5.74) is 1.14. The van der Waals surface area contributed by atoms with Crippen molar-refractivity contribution in [3.63, 3.8) is 0 Å². The molecular formula is C18H31IN4O. The molecule has 0 heterocycles. The van der Waals surface area contributed by atoms with E-state index in [-0.39, 0.29) is 24.0 Å². The summed E-state index contributed by atoms with van der Waals surface area (Å²) in [6.07, 6.45) is 2.67. The van der Waals surface area contributed by atoms with Gasteiger partial charge in [0.2, 0.25) is 0 Å². The molecule has 0 aromatic heterocycles. The maximum atomic E-state index is 5.66. The van der Waals surface area contributed by atoms with Gasteiger partial charge in [0.25, 0.3) is 0 Å². The molecule has 1 unspecified atom stereocenters. The number of likely N-dealkylation sites (N-methyl/N-ethyl adjacent to an activating group) is 1. The first-order valence-electron chi connectivity index (χ1n) is 8.52. The molecule has 0 spiro atoms. The van der Waals surface area contributed by atoms with Gasteiger partial charge in [0, 0.05) is 37.8 Å². The van der Waals surface area contributed by atoms with Gasteiger partial charge in [-0.3, -0.25) is 9.89 Å². The Bertz CT molecular complexity index is 519. The fourth-order valence-electron chi connectivity index (χ4n) is 2.58. The van der Waals surface area contributed by atoms with Crippen LogP contribution in [0.2, 0.25) is 0 Å². The van der Waals surface area contributed by atoms with Crippen molar-refractivity contribution < 1.29 is 4.74 Å². The van der Waals surface area contributed by atoms with E-state index in [1.807, 2.05) is 25.1 Å². The smallest absolute Gasteiger partial charge is 0.191 e. The molecule has 1 aliphatic rings. The number of guanidine groups is 1. The number of ether oxygens (including phenoxy) is 1. The number of para-hydroxylation sites is 1. The highest BCUT2D eigenvalue weighted by atomic mass is 127. The predicted octanol–water partition coefficient (Wildman–Crippen LogP) is 2.85. The minimum absolute atomic E-state index is 0. The Morgan fingerprint density at radius 1 is 1.33 bits per heavy atom. The molecule has 1 aromatic rings. The Morgan fingerprint density at radius 3 is 2.67 bits per heavy atom. The van der Waals surface area contributed by atoms with E-state index < -0.39 is 0 Å². The van der Waals surface area contributed by atoms with Gasteiger partial charge in [0.05, 0.1) is 6.61 Å². The summed E-state index contributed by atoms with van der Waals surface area (Å²) in [6.45, 7) is 6.52. The van der Waals surface area contributed by atoms with Gasteiger partial charge in [-0.1, -0.05) is 18.2 Å². The third-order valence-electron chi connectivity index (χ3n) is 4.33. The third kappa shape index (κ3) is 6.47. The van der Waals surface area contributed by atoms with E-state index in [1.165, 1.54) is 12.8 Å². The molecule has 1 aliphatic carbocycles. The van der Waals surface area contributed by atoms with Gasteiger partial charge < -0.3 is 15.4 Å². The minimum Gasteiger partial charge on any atom is -0.494 e. The van der Waals surface area contributed by atoms with Crippen LogP contribution in [0.1, 0.15) is 32.3 Å². The van der Waals surface area contributed by atoms with Crippen molar-refractivity contribution in [2.45, 2.75) is 45.3 Å². The van der Waals surface area contributed by atoms with Crippen molar-refractivity contribution in [1.82, 2.24) is 15.5 Å². The van der Waals surface area contributed by atoms with Gasteiger partial charge in [0.15, 0.2) is 5.96 Å². The minimum atomic E-state index is 0. The van der Waals surface area contributed by atoms with Gasteiger partial charge >= 0.3 is 0 Å². The van der Waals surface area contributed by atoms with Crippen molar-refractivity contribution in [2.24, 2.45) is 4.99 Å². The summed E-state index contributed by atoms with van der Waals surface area (Å²) in [4.78, 5) is 6.75. The average Bonchev–Trinajstić information content (AvgIpc) is 3.40. The maximum absolute atomic E-state index is 5.66. The van der Waals surface area contributed by atoms with Crippen LogP contribution in [0.3, 0.4) is 0 Å². The molecule has 2 N–H and O–H groups in total. The fraction of sp³-hybridized carbons (Fsp3) is 0.611. The molecular weight excluding hydrogens is 415 g/mol. The zero-order valence-corrected chi connectivity index (χ0v) is 17.5.